The smallest absolute Gasteiger partial charge is 0.337 e. The van der Waals surface area contributed by atoms with E-state index in [1.165, 1.54) is 12.0 Å². The third kappa shape index (κ3) is 3.60. The number of nitrogens with one attached hydrogen (secondary N) is 1. The molecule has 25 heavy (non-hydrogen) atoms. The van der Waals surface area contributed by atoms with Gasteiger partial charge in [0.1, 0.15) is 12.3 Å². The minimum Gasteiger partial charge on any atom is -0.482 e. The molecule has 1 aliphatic heterocycles. The molecule has 0 aliphatic carbocycles. The fraction of sp³-hybridized carbons (Fsp3) is 0.167. The van der Waals surface area contributed by atoms with Crippen LogP contribution in [0.5, 0.6) is 5.75 Å². The minimum absolute atomic E-state index is 0.0991. The molecule has 0 aromatic heterocycles. The van der Waals surface area contributed by atoms with Gasteiger partial charge in [-0.25, -0.2) is 4.79 Å². The van der Waals surface area contributed by atoms with Crippen molar-refractivity contribution in [1.29, 1.82) is 0 Å². The van der Waals surface area contributed by atoms with Gasteiger partial charge >= 0.3 is 5.97 Å². The number of fused-ring (bicyclic) bond motifs is 1. The summed E-state index contributed by atoms with van der Waals surface area (Å²) in [6.45, 7) is -0.226. The highest BCUT2D eigenvalue weighted by atomic mass is 16.5. The number of rotatable bonds is 4. The van der Waals surface area contributed by atoms with Crippen LogP contribution in [0.25, 0.3) is 0 Å². The predicted octanol–water partition coefficient (Wildman–Crippen LogP) is 1.84. The maximum atomic E-state index is 12.3. The molecule has 0 saturated carbocycles. The van der Waals surface area contributed by atoms with Gasteiger partial charge in [0.05, 0.1) is 18.4 Å². The SMILES string of the molecule is COC(=O)c1ccc(NC(=O)CN2C(=O)COc3ccccc32)cc1. The Bertz CT molecular complexity index is 816. The number of methoxy groups -OCH3 is 1. The Labute approximate surface area is 144 Å². The lowest BCUT2D eigenvalue weighted by atomic mass is 10.2. The van der Waals surface area contributed by atoms with Crippen LogP contribution in [0.4, 0.5) is 11.4 Å². The number of hydrogen-bond acceptors (Lipinski definition) is 5. The van der Waals surface area contributed by atoms with Crippen LogP contribution in [0.3, 0.4) is 0 Å². The Morgan fingerprint density at radius 1 is 1.16 bits per heavy atom. The van der Waals surface area contributed by atoms with Crippen LogP contribution in [0.2, 0.25) is 0 Å². The molecular formula is C18H16N2O5. The Balaban J connectivity index is 1.68. The number of para-hydroxylation sites is 2. The van der Waals surface area contributed by atoms with E-state index < -0.39 is 5.97 Å². The summed E-state index contributed by atoms with van der Waals surface area (Å²) in [7, 11) is 1.30. The molecule has 1 N–H and O–H groups in total. The topological polar surface area (TPSA) is 84.9 Å². The summed E-state index contributed by atoms with van der Waals surface area (Å²) < 4.78 is 9.97. The third-order valence-electron chi connectivity index (χ3n) is 3.70. The molecule has 1 heterocycles. The number of nitrogens with zero attached hydrogens (tertiary/aromatic N) is 1. The van der Waals surface area contributed by atoms with Gasteiger partial charge in [-0.05, 0) is 36.4 Å². The molecule has 7 nitrogen and oxygen atoms in total. The predicted molar refractivity (Wildman–Crippen MR) is 90.7 cm³/mol. The summed E-state index contributed by atoms with van der Waals surface area (Å²) in [6, 6.07) is 13.3. The normalized spacial score (nSPS) is 12.8. The van der Waals surface area contributed by atoms with Crippen molar-refractivity contribution in [3.8, 4) is 5.75 Å². The van der Waals surface area contributed by atoms with Crippen molar-refractivity contribution in [2.24, 2.45) is 0 Å². The van der Waals surface area contributed by atoms with E-state index in [0.29, 0.717) is 22.7 Å². The first kappa shape index (κ1) is 16.5. The summed E-state index contributed by atoms with van der Waals surface area (Å²) in [4.78, 5) is 37.1. The van der Waals surface area contributed by atoms with Gasteiger partial charge < -0.3 is 14.8 Å². The zero-order chi connectivity index (χ0) is 17.8. The highest BCUT2D eigenvalue weighted by Gasteiger charge is 2.26. The minimum atomic E-state index is -0.451. The van der Waals surface area contributed by atoms with Crippen LogP contribution in [-0.2, 0) is 14.3 Å². The van der Waals surface area contributed by atoms with Crippen molar-refractivity contribution in [3.63, 3.8) is 0 Å². The molecule has 0 spiro atoms. The fourth-order valence-corrected chi connectivity index (χ4v) is 2.48. The van der Waals surface area contributed by atoms with E-state index in [1.807, 2.05) is 0 Å². The number of anilines is 2. The van der Waals surface area contributed by atoms with Crippen LogP contribution in [0.1, 0.15) is 10.4 Å². The Morgan fingerprint density at radius 3 is 2.60 bits per heavy atom. The number of ether oxygens (including phenoxy) is 2. The zero-order valence-corrected chi connectivity index (χ0v) is 13.5. The van der Waals surface area contributed by atoms with Crippen molar-refractivity contribution in [2.45, 2.75) is 0 Å². The lowest BCUT2D eigenvalue weighted by Crippen LogP contribution is -2.43. The summed E-state index contributed by atoms with van der Waals surface area (Å²) >= 11 is 0. The fourth-order valence-electron chi connectivity index (χ4n) is 2.48. The van der Waals surface area contributed by atoms with E-state index in [2.05, 4.69) is 10.1 Å². The second-order valence-corrected chi connectivity index (χ2v) is 5.35. The number of carbonyl (C=O) groups is 3. The van der Waals surface area contributed by atoms with Crippen molar-refractivity contribution in [2.75, 3.05) is 30.5 Å². The van der Waals surface area contributed by atoms with E-state index in [9.17, 15) is 14.4 Å². The maximum absolute atomic E-state index is 12.3. The third-order valence-corrected chi connectivity index (χ3v) is 3.70. The van der Waals surface area contributed by atoms with E-state index >= 15 is 0 Å². The monoisotopic (exact) mass is 340 g/mol. The standard InChI is InChI=1S/C18H16N2O5/c1-24-18(23)12-6-8-13(9-7-12)19-16(21)10-20-14-4-2-3-5-15(14)25-11-17(20)22/h2-9H,10-11H2,1H3,(H,19,21). The molecule has 3 rings (SSSR count). The van der Waals surface area contributed by atoms with Gasteiger partial charge in [-0.1, -0.05) is 12.1 Å². The molecule has 0 saturated heterocycles. The Hall–Kier alpha value is -3.35. The maximum Gasteiger partial charge on any atom is 0.337 e. The molecular weight excluding hydrogens is 324 g/mol. The summed E-state index contributed by atoms with van der Waals surface area (Å²) in [5.74, 6) is -0.517. The van der Waals surface area contributed by atoms with Crippen LogP contribution in [-0.4, -0.2) is 38.0 Å². The Kier molecular flexibility index (Phi) is 4.65. The number of amides is 2. The number of carbonyl (C=O) groups excluding carboxylic acids is 3. The highest BCUT2D eigenvalue weighted by Crippen LogP contribution is 2.31. The van der Waals surface area contributed by atoms with E-state index in [1.54, 1.807) is 48.5 Å². The lowest BCUT2D eigenvalue weighted by Gasteiger charge is -2.28. The van der Waals surface area contributed by atoms with E-state index in [0.717, 1.165) is 0 Å². The van der Waals surface area contributed by atoms with Gasteiger partial charge in [-0.2, -0.15) is 0 Å². The number of hydrogen-bond donors (Lipinski definition) is 1. The molecule has 0 bridgehead atoms. The molecule has 0 unspecified atom stereocenters. The molecule has 2 amide bonds. The van der Waals surface area contributed by atoms with Crippen LogP contribution < -0.4 is 15.0 Å². The molecule has 0 fully saturated rings. The Morgan fingerprint density at radius 2 is 1.88 bits per heavy atom. The summed E-state index contributed by atoms with van der Waals surface area (Å²) in [6.07, 6.45) is 0. The van der Waals surface area contributed by atoms with Gasteiger partial charge in [0, 0.05) is 5.69 Å². The second-order valence-electron chi connectivity index (χ2n) is 5.35. The lowest BCUT2D eigenvalue weighted by molar-refractivity contribution is -0.123. The molecule has 2 aromatic carbocycles. The first-order valence-electron chi connectivity index (χ1n) is 7.59. The summed E-state index contributed by atoms with van der Waals surface area (Å²) in [5.41, 5.74) is 1.47. The van der Waals surface area contributed by atoms with Gasteiger partial charge in [0.2, 0.25) is 5.91 Å². The largest absolute Gasteiger partial charge is 0.482 e. The zero-order valence-electron chi connectivity index (χ0n) is 13.5. The van der Waals surface area contributed by atoms with Gasteiger partial charge in [0.15, 0.2) is 6.61 Å². The molecule has 128 valence electrons. The van der Waals surface area contributed by atoms with E-state index in [-0.39, 0.29) is 25.0 Å². The summed E-state index contributed by atoms with van der Waals surface area (Å²) in [5, 5.41) is 2.70. The molecule has 0 radical (unpaired) electrons. The average molecular weight is 340 g/mol. The van der Waals surface area contributed by atoms with Crippen molar-refractivity contribution < 1.29 is 23.9 Å². The second kappa shape index (κ2) is 7.04. The van der Waals surface area contributed by atoms with Crippen LogP contribution >= 0.6 is 0 Å². The van der Waals surface area contributed by atoms with Crippen LogP contribution in [0.15, 0.2) is 48.5 Å². The van der Waals surface area contributed by atoms with Crippen molar-refractivity contribution >= 4 is 29.2 Å². The van der Waals surface area contributed by atoms with E-state index in [4.69, 9.17) is 4.74 Å². The number of esters is 1. The molecule has 2 aromatic rings. The molecule has 0 atom stereocenters. The molecule has 1 aliphatic rings. The van der Waals surface area contributed by atoms with Crippen LogP contribution in [0, 0.1) is 0 Å². The first-order valence-corrected chi connectivity index (χ1v) is 7.59. The van der Waals surface area contributed by atoms with Crippen molar-refractivity contribution in [3.05, 3.63) is 54.1 Å². The highest BCUT2D eigenvalue weighted by molar-refractivity contribution is 6.05. The van der Waals surface area contributed by atoms with Crippen molar-refractivity contribution in [1.82, 2.24) is 0 Å². The quantitative estimate of drug-likeness (QED) is 0.859. The first-order chi connectivity index (χ1) is 12.1. The molecule has 7 heteroatoms. The van der Waals surface area contributed by atoms with Gasteiger partial charge in [-0.3, -0.25) is 14.5 Å². The number of benzene rings is 2. The van der Waals surface area contributed by atoms with Gasteiger partial charge in [0.25, 0.3) is 5.91 Å². The average Bonchev–Trinajstić information content (AvgIpc) is 2.64. The van der Waals surface area contributed by atoms with Gasteiger partial charge in [-0.15, -0.1) is 0 Å².